The summed E-state index contributed by atoms with van der Waals surface area (Å²) in [7, 11) is 0. The Labute approximate surface area is 149 Å². The van der Waals surface area contributed by atoms with Crippen LogP contribution >= 0.6 is 0 Å². The summed E-state index contributed by atoms with van der Waals surface area (Å²) >= 11 is 0. The van der Waals surface area contributed by atoms with E-state index in [1.165, 1.54) is 0 Å². The number of carbonyl (C=O) groups excluding carboxylic acids is 1. The Kier molecular flexibility index (Phi) is 4.01. The van der Waals surface area contributed by atoms with Crippen molar-refractivity contribution in [1.82, 2.24) is 10.2 Å². The van der Waals surface area contributed by atoms with E-state index in [1.54, 1.807) is 13.0 Å². The van der Waals surface area contributed by atoms with Crippen molar-refractivity contribution in [3.05, 3.63) is 66.2 Å². The van der Waals surface area contributed by atoms with E-state index in [1.807, 2.05) is 55.5 Å². The molecule has 2 aromatic carbocycles. The number of benzene rings is 2. The lowest BCUT2D eigenvalue weighted by Crippen LogP contribution is -2.18. The van der Waals surface area contributed by atoms with E-state index in [0.717, 1.165) is 11.0 Å². The second kappa shape index (κ2) is 6.48. The predicted octanol–water partition coefficient (Wildman–Crippen LogP) is 4.53. The van der Waals surface area contributed by atoms with Crippen molar-refractivity contribution in [1.29, 1.82) is 0 Å². The van der Waals surface area contributed by atoms with E-state index < -0.39 is 5.92 Å². The van der Waals surface area contributed by atoms with Crippen LogP contribution in [0.15, 0.2) is 63.4 Å². The molecule has 1 amide bonds. The second-order valence-corrected chi connectivity index (χ2v) is 6.07. The maximum absolute atomic E-state index is 12.7. The van der Waals surface area contributed by atoms with E-state index >= 15 is 0 Å². The van der Waals surface area contributed by atoms with Crippen LogP contribution in [0.2, 0.25) is 0 Å². The molecule has 2 aromatic heterocycles. The van der Waals surface area contributed by atoms with Gasteiger partial charge in [0.25, 0.3) is 0 Å². The number of aromatic nitrogens is 2. The quantitative estimate of drug-likeness (QED) is 0.586. The van der Waals surface area contributed by atoms with Crippen molar-refractivity contribution in [2.45, 2.75) is 19.8 Å². The summed E-state index contributed by atoms with van der Waals surface area (Å²) in [6, 6.07) is 16.9. The largest absolute Gasteiger partial charge is 0.460 e. The first-order valence-corrected chi connectivity index (χ1v) is 8.30. The zero-order valence-electron chi connectivity index (χ0n) is 14.4. The zero-order valence-corrected chi connectivity index (χ0v) is 14.4. The first kappa shape index (κ1) is 16.1. The van der Waals surface area contributed by atoms with E-state index in [4.69, 9.17) is 8.83 Å². The monoisotopic (exact) mass is 347 g/mol. The Morgan fingerprint density at radius 1 is 1.04 bits per heavy atom. The summed E-state index contributed by atoms with van der Waals surface area (Å²) in [5.41, 5.74) is 2.06. The maximum atomic E-state index is 12.7. The van der Waals surface area contributed by atoms with E-state index in [0.29, 0.717) is 28.8 Å². The van der Waals surface area contributed by atoms with Crippen LogP contribution in [-0.4, -0.2) is 16.1 Å². The van der Waals surface area contributed by atoms with Crippen LogP contribution in [0.3, 0.4) is 0 Å². The van der Waals surface area contributed by atoms with Gasteiger partial charge >= 0.3 is 0 Å². The van der Waals surface area contributed by atoms with Crippen molar-refractivity contribution in [3.63, 3.8) is 0 Å². The minimum Gasteiger partial charge on any atom is -0.460 e. The minimum atomic E-state index is -0.445. The summed E-state index contributed by atoms with van der Waals surface area (Å²) in [4.78, 5) is 12.7. The number of anilines is 1. The average molecular weight is 347 g/mol. The Balaban J connectivity index is 1.60. The molecule has 0 aliphatic carbocycles. The highest BCUT2D eigenvalue weighted by atomic mass is 16.4. The van der Waals surface area contributed by atoms with Gasteiger partial charge in [-0.3, -0.25) is 4.79 Å². The number of rotatable bonds is 4. The number of hydrogen-bond acceptors (Lipinski definition) is 5. The second-order valence-electron chi connectivity index (χ2n) is 6.07. The van der Waals surface area contributed by atoms with Gasteiger partial charge in [0.2, 0.25) is 17.7 Å². The van der Waals surface area contributed by atoms with Crippen molar-refractivity contribution in [3.8, 4) is 11.5 Å². The number of amides is 1. The highest BCUT2D eigenvalue weighted by Gasteiger charge is 2.21. The van der Waals surface area contributed by atoms with Crippen LogP contribution in [0.5, 0.6) is 0 Å². The van der Waals surface area contributed by atoms with E-state index in [-0.39, 0.29) is 5.91 Å². The Hall–Kier alpha value is -3.41. The molecule has 6 heteroatoms. The summed E-state index contributed by atoms with van der Waals surface area (Å²) < 4.78 is 11.3. The van der Waals surface area contributed by atoms with Crippen LogP contribution in [0.25, 0.3) is 22.4 Å². The first-order chi connectivity index (χ1) is 12.6. The summed E-state index contributed by atoms with van der Waals surface area (Å²) in [5, 5.41) is 11.8. The van der Waals surface area contributed by atoms with Gasteiger partial charge in [-0.25, -0.2) is 0 Å². The van der Waals surface area contributed by atoms with Crippen LogP contribution in [-0.2, 0) is 4.79 Å². The molecule has 4 aromatic rings. The molecule has 0 saturated heterocycles. The predicted molar refractivity (Wildman–Crippen MR) is 97.7 cm³/mol. The number of para-hydroxylation sites is 2. The van der Waals surface area contributed by atoms with Crippen LogP contribution in [0, 0.1) is 6.92 Å². The summed E-state index contributed by atoms with van der Waals surface area (Å²) in [6.07, 6.45) is 0. The molecule has 0 unspecified atom stereocenters. The fourth-order valence-electron chi connectivity index (χ4n) is 2.77. The number of aryl methyl sites for hydroxylation is 1. The molecule has 0 spiro atoms. The van der Waals surface area contributed by atoms with Gasteiger partial charge < -0.3 is 14.2 Å². The van der Waals surface area contributed by atoms with Gasteiger partial charge in [-0.15, -0.1) is 10.2 Å². The highest BCUT2D eigenvalue weighted by molar-refractivity contribution is 5.98. The lowest BCUT2D eigenvalue weighted by atomic mass is 10.1. The number of nitrogens with one attached hydrogen (secondary N) is 1. The van der Waals surface area contributed by atoms with E-state index in [2.05, 4.69) is 15.5 Å². The Morgan fingerprint density at radius 3 is 2.58 bits per heavy atom. The molecule has 0 saturated carbocycles. The number of nitrogens with zero attached hydrogens (tertiary/aromatic N) is 2. The average Bonchev–Trinajstić information content (AvgIpc) is 3.27. The van der Waals surface area contributed by atoms with Crippen LogP contribution in [0.1, 0.15) is 24.5 Å². The molecule has 4 rings (SSSR count). The topological polar surface area (TPSA) is 81.2 Å². The van der Waals surface area contributed by atoms with Crippen molar-refractivity contribution in [2.24, 2.45) is 0 Å². The molecule has 2 heterocycles. The number of fused-ring (bicyclic) bond motifs is 1. The minimum absolute atomic E-state index is 0.173. The zero-order chi connectivity index (χ0) is 18.1. The number of furan rings is 1. The molecule has 0 aliphatic heterocycles. The SMILES string of the molecule is Cc1nnc(-c2ccccc2NC(=O)[C@H](C)c2cc3ccccc3o2)o1. The van der Waals surface area contributed by atoms with Gasteiger partial charge in [-0.05, 0) is 31.2 Å². The smallest absolute Gasteiger partial charge is 0.249 e. The number of hydrogen-bond donors (Lipinski definition) is 1. The Morgan fingerprint density at radius 2 is 1.81 bits per heavy atom. The van der Waals surface area contributed by atoms with Gasteiger partial charge in [-0.2, -0.15) is 0 Å². The van der Waals surface area contributed by atoms with Crippen LogP contribution < -0.4 is 5.32 Å². The van der Waals surface area contributed by atoms with Crippen LogP contribution in [0.4, 0.5) is 5.69 Å². The molecule has 0 aliphatic rings. The first-order valence-electron chi connectivity index (χ1n) is 8.30. The fourth-order valence-corrected chi connectivity index (χ4v) is 2.77. The highest BCUT2D eigenvalue weighted by Crippen LogP contribution is 2.29. The Bertz CT molecular complexity index is 1050. The molecule has 0 fully saturated rings. The van der Waals surface area contributed by atoms with Crippen molar-refractivity contribution in [2.75, 3.05) is 5.32 Å². The third-order valence-electron chi connectivity index (χ3n) is 4.21. The molecule has 1 N–H and O–H groups in total. The normalized spacial score (nSPS) is 12.2. The molecule has 26 heavy (non-hydrogen) atoms. The summed E-state index contributed by atoms with van der Waals surface area (Å²) in [5.74, 6) is 0.842. The van der Waals surface area contributed by atoms with E-state index in [9.17, 15) is 4.79 Å². The molecule has 1 atom stereocenters. The lowest BCUT2D eigenvalue weighted by Gasteiger charge is -2.12. The van der Waals surface area contributed by atoms with Gasteiger partial charge in [0.05, 0.1) is 17.2 Å². The fraction of sp³-hybridized carbons (Fsp3) is 0.150. The third kappa shape index (κ3) is 2.97. The third-order valence-corrected chi connectivity index (χ3v) is 4.21. The van der Waals surface area contributed by atoms with Gasteiger partial charge in [-0.1, -0.05) is 30.3 Å². The maximum Gasteiger partial charge on any atom is 0.249 e. The summed E-state index contributed by atoms with van der Waals surface area (Å²) in [6.45, 7) is 3.54. The van der Waals surface area contributed by atoms with Gasteiger partial charge in [0, 0.05) is 12.3 Å². The van der Waals surface area contributed by atoms with Gasteiger partial charge in [0.15, 0.2) is 0 Å². The van der Waals surface area contributed by atoms with Gasteiger partial charge in [0.1, 0.15) is 11.3 Å². The standard InChI is InChI=1S/C20H17N3O3/c1-12(18-11-14-7-3-6-10-17(14)26-18)19(24)21-16-9-5-4-8-15(16)20-23-22-13(2)25-20/h3-12H,1-2H3,(H,21,24)/t12-/m1/s1. The van der Waals surface area contributed by atoms with Crippen molar-refractivity contribution >= 4 is 22.6 Å². The molecule has 130 valence electrons. The van der Waals surface area contributed by atoms with Crippen molar-refractivity contribution < 1.29 is 13.6 Å². The molecule has 6 nitrogen and oxygen atoms in total. The molecular weight excluding hydrogens is 330 g/mol. The lowest BCUT2D eigenvalue weighted by molar-refractivity contribution is -0.117. The molecular formula is C20H17N3O3. The molecule has 0 radical (unpaired) electrons. The number of carbonyl (C=O) groups is 1. The molecule has 0 bridgehead atoms.